The van der Waals surface area contributed by atoms with Gasteiger partial charge in [-0.3, -0.25) is 4.79 Å². The summed E-state index contributed by atoms with van der Waals surface area (Å²) in [6, 6.07) is 24.6. The van der Waals surface area contributed by atoms with Crippen LogP contribution in [0.4, 0.5) is 0 Å². The highest BCUT2D eigenvalue weighted by atomic mass is 35.5. The smallest absolute Gasteiger partial charge is 0.277 e. The van der Waals surface area contributed by atoms with Crippen molar-refractivity contribution < 1.29 is 23.4 Å². The second-order valence-electron chi connectivity index (χ2n) is 8.74. The number of halogens is 2. The number of hydrazone groups is 1. The molecule has 0 bridgehead atoms. The topological polar surface area (TPSA) is 108 Å². The molecule has 42 heavy (non-hydrogen) atoms. The first kappa shape index (κ1) is 29.2. The van der Waals surface area contributed by atoms with Crippen molar-refractivity contribution in [3.05, 3.63) is 106 Å². The number of amides is 1. The minimum absolute atomic E-state index is 0.0157. The van der Waals surface area contributed by atoms with Gasteiger partial charge < -0.3 is 18.6 Å². The zero-order chi connectivity index (χ0) is 29.3. The largest absolute Gasteiger partial charge is 0.493 e. The minimum Gasteiger partial charge on any atom is -0.493 e. The van der Waals surface area contributed by atoms with Gasteiger partial charge in [-0.1, -0.05) is 77.4 Å². The second kappa shape index (κ2) is 14.1. The van der Waals surface area contributed by atoms with Crippen LogP contribution in [0, 0.1) is 0 Å². The molecule has 4 aromatic carbocycles. The summed E-state index contributed by atoms with van der Waals surface area (Å²) < 4.78 is 22.6. The quantitative estimate of drug-likeness (QED) is 0.0905. The highest BCUT2D eigenvalue weighted by molar-refractivity contribution is 7.99. The van der Waals surface area contributed by atoms with E-state index in [0.717, 1.165) is 33.7 Å². The van der Waals surface area contributed by atoms with Crippen molar-refractivity contribution in [2.45, 2.75) is 18.4 Å². The fourth-order valence-electron chi connectivity index (χ4n) is 3.88. The maximum absolute atomic E-state index is 12.2. The van der Waals surface area contributed by atoms with Crippen LogP contribution >= 0.6 is 35.0 Å². The molecule has 1 heterocycles. The molecule has 1 aromatic heterocycles. The monoisotopic (exact) mass is 622 g/mol. The van der Waals surface area contributed by atoms with Gasteiger partial charge in [-0.25, -0.2) is 5.43 Å². The first-order valence-corrected chi connectivity index (χ1v) is 14.3. The molecule has 0 aliphatic rings. The molecule has 0 saturated heterocycles. The maximum Gasteiger partial charge on any atom is 0.277 e. The van der Waals surface area contributed by atoms with Crippen molar-refractivity contribution >= 4 is 57.9 Å². The number of thioether (sulfide) groups is 1. The third kappa shape index (κ3) is 7.73. The average molecular weight is 624 g/mol. The molecular weight excluding hydrogens is 599 g/mol. The number of fused-ring (bicyclic) bond motifs is 1. The van der Waals surface area contributed by atoms with Crippen LogP contribution in [0.3, 0.4) is 0 Å². The van der Waals surface area contributed by atoms with Gasteiger partial charge in [-0.2, -0.15) is 5.10 Å². The SMILES string of the molecule is COc1cc(/C=N\NC(=O)CSc2nnc(COc3ccc(Cl)cc3Cl)o2)ccc1OCc1cccc2ccccc12. The predicted molar refractivity (Wildman–Crippen MR) is 163 cm³/mol. The Kier molecular flexibility index (Phi) is 9.81. The van der Waals surface area contributed by atoms with E-state index in [2.05, 4.69) is 38.9 Å². The normalized spacial score (nSPS) is 11.1. The Labute approximate surface area is 255 Å². The van der Waals surface area contributed by atoms with Gasteiger partial charge in [0.05, 0.1) is 24.1 Å². The van der Waals surface area contributed by atoms with E-state index in [1.165, 1.54) is 6.21 Å². The number of ether oxygens (including phenoxy) is 3. The summed E-state index contributed by atoms with van der Waals surface area (Å²) in [5.41, 5.74) is 4.28. The molecule has 0 spiro atoms. The van der Waals surface area contributed by atoms with Crippen LogP contribution in [0.5, 0.6) is 17.2 Å². The molecular formula is C30H24Cl2N4O5S. The van der Waals surface area contributed by atoms with E-state index in [4.69, 9.17) is 41.8 Å². The highest BCUT2D eigenvalue weighted by Gasteiger charge is 2.12. The van der Waals surface area contributed by atoms with Crippen molar-refractivity contribution in [3.63, 3.8) is 0 Å². The average Bonchev–Trinajstić information content (AvgIpc) is 3.46. The lowest BCUT2D eigenvalue weighted by atomic mass is 10.1. The number of benzene rings is 4. The summed E-state index contributed by atoms with van der Waals surface area (Å²) in [4.78, 5) is 12.2. The third-order valence-electron chi connectivity index (χ3n) is 5.87. The molecule has 0 aliphatic heterocycles. The standard InChI is InChI=1S/C30H24Cl2N4O5S/c1-38-27-13-19(9-11-26(27)39-16-21-7-4-6-20-5-2-3-8-23(20)21)15-33-34-28(37)18-42-30-36-35-29(41-30)17-40-25-12-10-22(31)14-24(25)32/h2-15H,16-18H2,1H3,(H,34,37)/b33-15-. The maximum atomic E-state index is 12.2. The minimum atomic E-state index is -0.345. The van der Waals surface area contributed by atoms with E-state index in [0.29, 0.717) is 33.9 Å². The van der Waals surface area contributed by atoms with E-state index in [1.807, 2.05) is 30.3 Å². The summed E-state index contributed by atoms with van der Waals surface area (Å²) in [6.07, 6.45) is 1.52. The fourth-order valence-corrected chi connectivity index (χ4v) is 4.92. The Morgan fingerprint density at radius 3 is 2.62 bits per heavy atom. The number of rotatable bonds is 12. The van der Waals surface area contributed by atoms with Crippen molar-refractivity contribution in [1.29, 1.82) is 0 Å². The molecule has 0 saturated carbocycles. The molecule has 0 unspecified atom stereocenters. The number of methoxy groups -OCH3 is 1. The summed E-state index contributed by atoms with van der Waals surface area (Å²) in [5.74, 6) is 1.50. The van der Waals surface area contributed by atoms with E-state index < -0.39 is 0 Å². The van der Waals surface area contributed by atoms with Gasteiger partial charge >= 0.3 is 0 Å². The Balaban J connectivity index is 1.09. The van der Waals surface area contributed by atoms with Crippen LogP contribution < -0.4 is 19.6 Å². The van der Waals surface area contributed by atoms with Gasteiger partial charge in [0.1, 0.15) is 12.4 Å². The second-order valence-corrected chi connectivity index (χ2v) is 10.5. The number of nitrogens with one attached hydrogen (secondary N) is 1. The molecule has 0 atom stereocenters. The van der Waals surface area contributed by atoms with E-state index >= 15 is 0 Å². The number of aromatic nitrogens is 2. The van der Waals surface area contributed by atoms with Gasteiger partial charge in [-0.15, -0.1) is 10.2 Å². The lowest BCUT2D eigenvalue weighted by Gasteiger charge is -2.12. The van der Waals surface area contributed by atoms with Crippen LogP contribution in [-0.2, 0) is 18.0 Å². The summed E-state index contributed by atoms with van der Waals surface area (Å²) in [7, 11) is 1.57. The van der Waals surface area contributed by atoms with Gasteiger partial charge in [-0.05, 0) is 58.3 Å². The zero-order valence-electron chi connectivity index (χ0n) is 22.3. The van der Waals surface area contributed by atoms with Crippen LogP contribution in [-0.4, -0.2) is 35.2 Å². The fraction of sp³-hybridized carbons (Fsp3) is 0.133. The van der Waals surface area contributed by atoms with Gasteiger partial charge in [0.2, 0.25) is 0 Å². The zero-order valence-corrected chi connectivity index (χ0v) is 24.6. The Morgan fingerprint density at radius 2 is 1.76 bits per heavy atom. The molecule has 5 aromatic rings. The van der Waals surface area contributed by atoms with Gasteiger partial charge in [0.25, 0.3) is 17.0 Å². The van der Waals surface area contributed by atoms with Crippen LogP contribution in [0.25, 0.3) is 10.8 Å². The van der Waals surface area contributed by atoms with Crippen LogP contribution in [0.15, 0.2) is 93.6 Å². The van der Waals surface area contributed by atoms with Crippen molar-refractivity contribution in [2.24, 2.45) is 5.10 Å². The van der Waals surface area contributed by atoms with Crippen LogP contribution in [0.1, 0.15) is 17.0 Å². The molecule has 1 amide bonds. The molecule has 5 rings (SSSR count). The molecule has 9 nitrogen and oxygen atoms in total. The Bertz CT molecular complexity index is 1720. The van der Waals surface area contributed by atoms with Crippen molar-refractivity contribution in [2.75, 3.05) is 12.9 Å². The van der Waals surface area contributed by atoms with E-state index in [9.17, 15) is 4.79 Å². The molecule has 12 heteroatoms. The number of nitrogens with zero attached hydrogens (tertiary/aromatic N) is 3. The predicted octanol–water partition coefficient (Wildman–Crippen LogP) is 6.94. The number of carbonyl (C=O) groups excluding carboxylic acids is 1. The van der Waals surface area contributed by atoms with Gasteiger partial charge in [0, 0.05) is 5.02 Å². The number of hydrogen-bond acceptors (Lipinski definition) is 9. The summed E-state index contributed by atoms with van der Waals surface area (Å²) in [6.45, 7) is 0.409. The number of hydrogen-bond donors (Lipinski definition) is 1. The first-order chi connectivity index (χ1) is 20.5. The summed E-state index contributed by atoms with van der Waals surface area (Å²) in [5, 5.41) is 15.2. The highest BCUT2D eigenvalue weighted by Crippen LogP contribution is 2.30. The molecule has 0 fully saturated rings. The van der Waals surface area contributed by atoms with Crippen LogP contribution in [0.2, 0.25) is 10.0 Å². The lowest BCUT2D eigenvalue weighted by molar-refractivity contribution is -0.118. The molecule has 214 valence electrons. The van der Waals surface area contributed by atoms with Crippen molar-refractivity contribution in [3.8, 4) is 17.2 Å². The number of carbonyl (C=O) groups is 1. The Hall–Kier alpha value is -4.25. The van der Waals surface area contributed by atoms with Gasteiger partial charge in [0.15, 0.2) is 18.1 Å². The van der Waals surface area contributed by atoms with E-state index in [1.54, 1.807) is 37.4 Å². The first-order valence-electron chi connectivity index (χ1n) is 12.6. The molecule has 0 aliphatic carbocycles. The Morgan fingerprint density at radius 1 is 0.952 bits per heavy atom. The van der Waals surface area contributed by atoms with E-state index in [-0.39, 0.29) is 29.4 Å². The molecule has 1 N–H and O–H groups in total. The summed E-state index contributed by atoms with van der Waals surface area (Å²) >= 11 is 13.0. The van der Waals surface area contributed by atoms with Crippen molar-refractivity contribution in [1.82, 2.24) is 15.6 Å². The molecule has 0 radical (unpaired) electrons. The lowest BCUT2D eigenvalue weighted by Crippen LogP contribution is -2.19. The third-order valence-corrected chi connectivity index (χ3v) is 7.22.